The molecule has 14 heavy (non-hydrogen) atoms. The van der Waals surface area contributed by atoms with Gasteiger partial charge in [-0.1, -0.05) is 32.6 Å². The minimum atomic E-state index is 1.11. The molecule has 1 aromatic rings. The molecule has 1 heterocycles. The Bertz CT molecular complexity index is 260. The van der Waals surface area contributed by atoms with Crippen LogP contribution in [-0.2, 0) is 6.42 Å². The summed E-state index contributed by atoms with van der Waals surface area (Å²) in [6, 6.07) is 0. The zero-order chi connectivity index (χ0) is 10.4. The summed E-state index contributed by atoms with van der Waals surface area (Å²) in [4.78, 5) is 0. The Balaban J connectivity index is 2.21. The van der Waals surface area contributed by atoms with Gasteiger partial charge >= 0.3 is 0 Å². The lowest BCUT2D eigenvalue weighted by atomic mass is 10.1. The van der Waals surface area contributed by atoms with Crippen molar-refractivity contribution in [3.05, 3.63) is 23.2 Å². The molecule has 0 N–H and O–H groups in total. The maximum atomic E-state index is 5.50. The highest BCUT2D eigenvalue weighted by molar-refractivity contribution is 5.24. The minimum absolute atomic E-state index is 1.11. The topological polar surface area (TPSA) is 13.1 Å². The van der Waals surface area contributed by atoms with Crippen molar-refractivity contribution in [1.29, 1.82) is 0 Å². The van der Waals surface area contributed by atoms with Gasteiger partial charge in [-0.05, 0) is 31.4 Å². The third-order valence-electron chi connectivity index (χ3n) is 2.90. The maximum absolute atomic E-state index is 5.50. The van der Waals surface area contributed by atoms with Gasteiger partial charge in [0.2, 0.25) is 0 Å². The van der Waals surface area contributed by atoms with E-state index in [4.69, 9.17) is 4.42 Å². The molecule has 1 nitrogen and oxygen atoms in total. The Morgan fingerprint density at radius 3 is 2.36 bits per heavy atom. The van der Waals surface area contributed by atoms with Gasteiger partial charge in [0.1, 0.15) is 5.76 Å². The van der Waals surface area contributed by atoms with Crippen LogP contribution in [0.15, 0.2) is 10.7 Å². The molecule has 0 atom stereocenters. The fourth-order valence-corrected chi connectivity index (χ4v) is 1.69. The summed E-state index contributed by atoms with van der Waals surface area (Å²) in [5.74, 6) is 1.19. The third kappa shape index (κ3) is 3.21. The van der Waals surface area contributed by atoms with Crippen molar-refractivity contribution in [2.24, 2.45) is 0 Å². The highest BCUT2D eigenvalue weighted by atomic mass is 16.3. The molecule has 0 fully saturated rings. The average molecular weight is 194 g/mol. The first kappa shape index (κ1) is 11.4. The van der Waals surface area contributed by atoms with E-state index in [2.05, 4.69) is 20.8 Å². The van der Waals surface area contributed by atoms with Gasteiger partial charge in [-0.2, -0.15) is 0 Å². The molecule has 1 heteroatoms. The van der Waals surface area contributed by atoms with Crippen LogP contribution in [-0.4, -0.2) is 0 Å². The maximum Gasteiger partial charge on any atom is 0.106 e. The molecule has 0 amide bonds. The fourth-order valence-electron chi connectivity index (χ4n) is 1.69. The van der Waals surface area contributed by atoms with E-state index >= 15 is 0 Å². The van der Waals surface area contributed by atoms with Crippen molar-refractivity contribution < 1.29 is 4.42 Å². The molecule has 1 aromatic heterocycles. The molecule has 0 saturated carbocycles. The van der Waals surface area contributed by atoms with E-state index in [1.54, 1.807) is 0 Å². The molecule has 0 radical (unpaired) electrons. The summed E-state index contributed by atoms with van der Waals surface area (Å²) in [7, 11) is 0. The predicted octanol–water partition coefficient (Wildman–Crippen LogP) is 4.41. The van der Waals surface area contributed by atoms with E-state index < -0.39 is 0 Å². The van der Waals surface area contributed by atoms with Crippen LogP contribution in [0.4, 0.5) is 0 Å². The second-order valence-corrected chi connectivity index (χ2v) is 4.13. The number of hydrogen-bond acceptors (Lipinski definition) is 1. The monoisotopic (exact) mass is 194 g/mol. The van der Waals surface area contributed by atoms with Gasteiger partial charge in [-0.15, -0.1) is 0 Å². The summed E-state index contributed by atoms with van der Waals surface area (Å²) >= 11 is 0. The van der Waals surface area contributed by atoms with Gasteiger partial charge in [0, 0.05) is 6.42 Å². The molecule has 0 aliphatic carbocycles. The number of aryl methyl sites for hydroxylation is 2. The molecule has 80 valence electrons. The Morgan fingerprint density at radius 1 is 1.07 bits per heavy atom. The van der Waals surface area contributed by atoms with Gasteiger partial charge in [-0.3, -0.25) is 0 Å². The fraction of sp³-hybridized carbons (Fsp3) is 0.692. The van der Waals surface area contributed by atoms with Gasteiger partial charge in [-0.25, -0.2) is 0 Å². The molecular formula is C13H22O. The van der Waals surface area contributed by atoms with Crippen molar-refractivity contribution in [3.8, 4) is 0 Å². The van der Waals surface area contributed by atoms with Crippen molar-refractivity contribution >= 4 is 0 Å². The van der Waals surface area contributed by atoms with Crippen molar-refractivity contribution in [2.75, 3.05) is 0 Å². The summed E-state index contributed by atoms with van der Waals surface area (Å²) in [5.41, 5.74) is 2.63. The lowest BCUT2D eigenvalue weighted by Crippen LogP contribution is -1.86. The highest BCUT2D eigenvalue weighted by Crippen LogP contribution is 2.17. The van der Waals surface area contributed by atoms with Crippen molar-refractivity contribution in [1.82, 2.24) is 0 Å². The van der Waals surface area contributed by atoms with E-state index in [0.717, 1.165) is 6.42 Å². The Labute approximate surface area is 87.5 Å². The number of hydrogen-bond donors (Lipinski definition) is 0. The number of unbranched alkanes of at least 4 members (excludes halogenated alkanes) is 4. The summed E-state index contributed by atoms with van der Waals surface area (Å²) in [6.45, 7) is 6.51. The van der Waals surface area contributed by atoms with Crippen LogP contribution in [0.1, 0.15) is 55.9 Å². The van der Waals surface area contributed by atoms with Crippen molar-refractivity contribution in [3.63, 3.8) is 0 Å². The number of furan rings is 1. The molecule has 0 aliphatic rings. The van der Waals surface area contributed by atoms with E-state index in [9.17, 15) is 0 Å². The predicted molar refractivity (Wildman–Crippen MR) is 60.6 cm³/mol. The van der Waals surface area contributed by atoms with E-state index in [-0.39, 0.29) is 0 Å². The average Bonchev–Trinajstić information content (AvgIpc) is 2.49. The molecular weight excluding hydrogens is 172 g/mol. The number of rotatable bonds is 6. The second kappa shape index (κ2) is 5.90. The molecule has 0 bridgehead atoms. The smallest absolute Gasteiger partial charge is 0.106 e. The van der Waals surface area contributed by atoms with Crippen LogP contribution >= 0.6 is 0 Å². The van der Waals surface area contributed by atoms with Crippen LogP contribution in [0, 0.1) is 13.8 Å². The van der Waals surface area contributed by atoms with Gasteiger partial charge in [0.25, 0.3) is 0 Å². The normalized spacial score (nSPS) is 10.8. The molecule has 0 spiro atoms. The first-order valence-corrected chi connectivity index (χ1v) is 5.79. The summed E-state index contributed by atoms with van der Waals surface area (Å²) in [5, 5.41) is 0. The first-order chi connectivity index (χ1) is 6.75. The van der Waals surface area contributed by atoms with Gasteiger partial charge < -0.3 is 4.42 Å². The summed E-state index contributed by atoms with van der Waals surface area (Å²) < 4.78 is 5.50. The zero-order valence-electron chi connectivity index (χ0n) is 9.73. The quantitative estimate of drug-likeness (QED) is 0.611. The molecule has 0 saturated heterocycles. The highest BCUT2D eigenvalue weighted by Gasteiger charge is 2.04. The van der Waals surface area contributed by atoms with Gasteiger partial charge in [0.05, 0.1) is 6.26 Å². The largest absolute Gasteiger partial charge is 0.469 e. The second-order valence-electron chi connectivity index (χ2n) is 4.13. The zero-order valence-corrected chi connectivity index (χ0v) is 9.73. The van der Waals surface area contributed by atoms with Crippen LogP contribution in [0.2, 0.25) is 0 Å². The lowest BCUT2D eigenvalue weighted by Gasteiger charge is -1.99. The first-order valence-electron chi connectivity index (χ1n) is 5.79. The molecule has 0 unspecified atom stereocenters. The van der Waals surface area contributed by atoms with E-state index in [0.29, 0.717) is 0 Å². The summed E-state index contributed by atoms with van der Waals surface area (Å²) in [6.07, 6.45) is 9.66. The van der Waals surface area contributed by atoms with Crippen LogP contribution < -0.4 is 0 Å². The van der Waals surface area contributed by atoms with E-state index in [1.807, 2.05) is 6.26 Å². The van der Waals surface area contributed by atoms with Gasteiger partial charge in [0.15, 0.2) is 0 Å². The molecule has 0 aliphatic heterocycles. The van der Waals surface area contributed by atoms with Crippen LogP contribution in [0.3, 0.4) is 0 Å². The van der Waals surface area contributed by atoms with Crippen molar-refractivity contribution in [2.45, 2.75) is 59.3 Å². The standard InChI is InChI=1S/C13H22O/c1-4-5-6-7-8-9-13-12(3)11(2)10-14-13/h10H,4-9H2,1-3H3. The Morgan fingerprint density at radius 2 is 1.79 bits per heavy atom. The Hall–Kier alpha value is -0.720. The molecule has 0 aromatic carbocycles. The third-order valence-corrected chi connectivity index (χ3v) is 2.90. The lowest BCUT2D eigenvalue weighted by molar-refractivity contribution is 0.489. The Kier molecular flexibility index (Phi) is 4.78. The van der Waals surface area contributed by atoms with Crippen LogP contribution in [0.5, 0.6) is 0 Å². The molecule has 1 rings (SSSR count). The van der Waals surface area contributed by atoms with E-state index in [1.165, 1.54) is 49.0 Å². The van der Waals surface area contributed by atoms with Crippen LogP contribution in [0.25, 0.3) is 0 Å². The SMILES string of the molecule is CCCCCCCc1occ(C)c1C. The minimum Gasteiger partial charge on any atom is -0.469 e.